The zero-order valence-electron chi connectivity index (χ0n) is 13.7. The van der Waals surface area contributed by atoms with Gasteiger partial charge in [0.2, 0.25) is 5.91 Å². The zero-order chi connectivity index (χ0) is 15.8. The van der Waals surface area contributed by atoms with Crippen LogP contribution in [-0.2, 0) is 9.59 Å². The summed E-state index contributed by atoms with van der Waals surface area (Å²) in [6.07, 6.45) is 7.64. The molecule has 2 N–H and O–H groups in total. The van der Waals surface area contributed by atoms with Gasteiger partial charge in [-0.25, -0.2) is 0 Å². The van der Waals surface area contributed by atoms with Crippen LogP contribution in [0.4, 0.5) is 0 Å². The van der Waals surface area contributed by atoms with Crippen molar-refractivity contribution >= 4 is 11.9 Å². The molecule has 0 unspecified atom stereocenters. The highest BCUT2D eigenvalue weighted by Crippen LogP contribution is 2.24. The number of nitrogens with one attached hydrogen (secondary N) is 1. The standard InChI is InChI=1S/C17H31NO3/c1-12(2)9-10-15(17(20)21)13(3)11-16(19)18-14-7-5-4-6-8-14/h12-15H,4-11H2,1-3H3,(H,18,19)(H,20,21)/t13-,15+/m0/s1. The summed E-state index contributed by atoms with van der Waals surface area (Å²) < 4.78 is 0. The van der Waals surface area contributed by atoms with E-state index >= 15 is 0 Å². The normalized spacial score (nSPS) is 19.2. The van der Waals surface area contributed by atoms with Crippen LogP contribution in [-0.4, -0.2) is 23.0 Å². The fourth-order valence-corrected chi connectivity index (χ4v) is 3.13. The molecule has 0 aliphatic heterocycles. The van der Waals surface area contributed by atoms with Gasteiger partial charge in [-0.3, -0.25) is 9.59 Å². The molecule has 4 nitrogen and oxygen atoms in total. The van der Waals surface area contributed by atoms with E-state index in [0.717, 1.165) is 19.3 Å². The van der Waals surface area contributed by atoms with Crippen LogP contribution in [0, 0.1) is 17.8 Å². The Bertz CT molecular complexity index is 335. The number of hydrogen-bond donors (Lipinski definition) is 2. The average molecular weight is 297 g/mol. The molecule has 1 aliphatic rings. The van der Waals surface area contributed by atoms with Gasteiger partial charge < -0.3 is 10.4 Å². The predicted octanol–water partition coefficient (Wildman–Crippen LogP) is 3.60. The van der Waals surface area contributed by atoms with Crippen LogP contribution in [0.1, 0.15) is 72.1 Å². The van der Waals surface area contributed by atoms with E-state index < -0.39 is 11.9 Å². The summed E-state index contributed by atoms with van der Waals surface area (Å²) in [7, 11) is 0. The minimum Gasteiger partial charge on any atom is -0.481 e. The maximum absolute atomic E-state index is 12.1. The van der Waals surface area contributed by atoms with Crippen LogP contribution in [0.15, 0.2) is 0 Å². The highest BCUT2D eigenvalue weighted by molar-refractivity contribution is 5.78. The Hall–Kier alpha value is -1.06. The molecule has 0 spiro atoms. The van der Waals surface area contributed by atoms with E-state index in [2.05, 4.69) is 19.2 Å². The highest BCUT2D eigenvalue weighted by atomic mass is 16.4. The first kappa shape index (κ1) is 18.0. The van der Waals surface area contributed by atoms with E-state index in [4.69, 9.17) is 0 Å². The maximum Gasteiger partial charge on any atom is 0.306 e. The summed E-state index contributed by atoms with van der Waals surface area (Å²) in [4.78, 5) is 23.5. The first-order valence-corrected chi connectivity index (χ1v) is 8.42. The van der Waals surface area contributed by atoms with Gasteiger partial charge in [0.1, 0.15) is 0 Å². The highest BCUT2D eigenvalue weighted by Gasteiger charge is 2.27. The molecule has 4 heteroatoms. The van der Waals surface area contributed by atoms with Crippen LogP contribution >= 0.6 is 0 Å². The van der Waals surface area contributed by atoms with Crippen LogP contribution in [0.5, 0.6) is 0 Å². The third-order valence-electron chi connectivity index (χ3n) is 4.54. The van der Waals surface area contributed by atoms with Crippen molar-refractivity contribution < 1.29 is 14.7 Å². The van der Waals surface area contributed by atoms with Crippen molar-refractivity contribution in [3.05, 3.63) is 0 Å². The van der Waals surface area contributed by atoms with Crippen molar-refractivity contribution in [2.75, 3.05) is 0 Å². The summed E-state index contributed by atoms with van der Waals surface area (Å²) in [6.45, 7) is 6.08. The van der Waals surface area contributed by atoms with Gasteiger partial charge in [0, 0.05) is 12.5 Å². The summed E-state index contributed by atoms with van der Waals surface area (Å²) in [6, 6.07) is 0.303. The van der Waals surface area contributed by atoms with Crippen molar-refractivity contribution in [1.82, 2.24) is 5.32 Å². The van der Waals surface area contributed by atoms with Gasteiger partial charge in [0.25, 0.3) is 0 Å². The lowest BCUT2D eigenvalue weighted by Gasteiger charge is -2.25. The fourth-order valence-electron chi connectivity index (χ4n) is 3.13. The van der Waals surface area contributed by atoms with E-state index in [-0.39, 0.29) is 11.8 Å². The Labute approximate surface area is 128 Å². The molecule has 0 aromatic carbocycles. The number of carbonyl (C=O) groups excluding carboxylic acids is 1. The Morgan fingerprint density at radius 2 is 1.71 bits per heavy atom. The largest absolute Gasteiger partial charge is 0.481 e. The Morgan fingerprint density at radius 1 is 1.10 bits per heavy atom. The third-order valence-corrected chi connectivity index (χ3v) is 4.54. The molecular weight excluding hydrogens is 266 g/mol. The lowest BCUT2D eigenvalue weighted by molar-refractivity contribution is -0.144. The Kier molecular flexibility index (Phi) is 7.76. The van der Waals surface area contributed by atoms with Gasteiger partial charge >= 0.3 is 5.97 Å². The average Bonchev–Trinajstić information content (AvgIpc) is 2.38. The van der Waals surface area contributed by atoms with E-state index in [0.29, 0.717) is 24.8 Å². The lowest BCUT2D eigenvalue weighted by atomic mass is 9.85. The molecule has 0 heterocycles. The Balaban J connectivity index is 2.41. The number of amides is 1. The second-order valence-corrected chi connectivity index (χ2v) is 7.00. The molecule has 0 radical (unpaired) electrons. The van der Waals surface area contributed by atoms with Crippen LogP contribution in [0.25, 0.3) is 0 Å². The minimum absolute atomic E-state index is 0.0187. The molecule has 1 amide bonds. The van der Waals surface area contributed by atoms with E-state index in [9.17, 15) is 14.7 Å². The molecule has 2 atom stereocenters. The molecule has 1 aliphatic carbocycles. The topological polar surface area (TPSA) is 66.4 Å². The minimum atomic E-state index is -0.770. The van der Waals surface area contributed by atoms with Crippen LogP contribution < -0.4 is 5.32 Å². The maximum atomic E-state index is 12.1. The van der Waals surface area contributed by atoms with Gasteiger partial charge in [-0.05, 0) is 31.1 Å². The molecule has 1 rings (SSSR count). The molecular formula is C17H31NO3. The van der Waals surface area contributed by atoms with Gasteiger partial charge in [0.15, 0.2) is 0 Å². The van der Waals surface area contributed by atoms with Crippen molar-refractivity contribution in [2.45, 2.75) is 78.2 Å². The quantitative estimate of drug-likeness (QED) is 0.719. The summed E-state index contributed by atoms with van der Waals surface area (Å²) >= 11 is 0. The van der Waals surface area contributed by atoms with Crippen molar-refractivity contribution in [3.63, 3.8) is 0 Å². The van der Waals surface area contributed by atoms with E-state index in [1.54, 1.807) is 0 Å². The molecule has 21 heavy (non-hydrogen) atoms. The van der Waals surface area contributed by atoms with Crippen molar-refractivity contribution in [1.29, 1.82) is 0 Å². The first-order valence-electron chi connectivity index (χ1n) is 8.42. The van der Waals surface area contributed by atoms with Crippen LogP contribution in [0.3, 0.4) is 0 Å². The fraction of sp³-hybridized carbons (Fsp3) is 0.882. The third kappa shape index (κ3) is 6.96. The molecule has 1 fully saturated rings. The second-order valence-electron chi connectivity index (χ2n) is 7.00. The number of hydrogen-bond acceptors (Lipinski definition) is 2. The lowest BCUT2D eigenvalue weighted by Crippen LogP contribution is -2.38. The molecule has 1 saturated carbocycles. The van der Waals surface area contributed by atoms with Gasteiger partial charge in [-0.15, -0.1) is 0 Å². The zero-order valence-corrected chi connectivity index (χ0v) is 13.7. The first-order chi connectivity index (χ1) is 9.90. The molecule has 0 aromatic rings. The van der Waals surface area contributed by atoms with Crippen molar-refractivity contribution in [2.24, 2.45) is 17.8 Å². The molecule has 122 valence electrons. The monoisotopic (exact) mass is 297 g/mol. The number of carboxylic acids is 1. The molecule has 0 bridgehead atoms. The SMILES string of the molecule is CC(C)CC[C@@H](C(=O)O)[C@@H](C)CC(=O)NC1CCCCC1. The summed E-state index contributed by atoms with van der Waals surface area (Å²) in [5.41, 5.74) is 0. The van der Waals surface area contributed by atoms with E-state index in [1.807, 2.05) is 6.92 Å². The summed E-state index contributed by atoms with van der Waals surface area (Å²) in [5.74, 6) is -0.775. The number of carboxylic acid groups (broad SMARTS) is 1. The van der Waals surface area contributed by atoms with Gasteiger partial charge in [0.05, 0.1) is 5.92 Å². The van der Waals surface area contributed by atoms with Gasteiger partial charge in [-0.1, -0.05) is 46.5 Å². The number of carbonyl (C=O) groups is 2. The second kappa shape index (κ2) is 9.06. The number of aliphatic carboxylic acids is 1. The molecule has 0 aromatic heterocycles. The smallest absolute Gasteiger partial charge is 0.306 e. The van der Waals surface area contributed by atoms with Crippen LogP contribution in [0.2, 0.25) is 0 Å². The number of rotatable bonds is 8. The molecule has 0 saturated heterocycles. The summed E-state index contributed by atoms with van der Waals surface area (Å²) in [5, 5.41) is 12.4. The Morgan fingerprint density at radius 3 is 2.24 bits per heavy atom. The van der Waals surface area contributed by atoms with E-state index in [1.165, 1.54) is 19.3 Å². The van der Waals surface area contributed by atoms with Crippen molar-refractivity contribution in [3.8, 4) is 0 Å². The van der Waals surface area contributed by atoms with Gasteiger partial charge in [-0.2, -0.15) is 0 Å². The predicted molar refractivity (Wildman–Crippen MR) is 84.0 cm³/mol.